The van der Waals surface area contributed by atoms with E-state index in [9.17, 15) is 0 Å². The minimum absolute atomic E-state index is 0.220. The minimum atomic E-state index is -0.635. The Bertz CT molecular complexity index is 1020. The maximum absolute atomic E-state index is 7.11. The molecule has 8 bridgehead atoms. The van der Waals surface area contributed by atoms with Crippen LogP contribution in [0.2, 0.25) is 0 Å². The molecule has 0 aromatic rings. The fourth-order valence-corrected chi connectivity index (χ4v) is 14.5. The van der Waals surface area contributed by atoms with E-state index < -0.39 is 34.4 Å². The summed E-state index contributed by atoms with van der Waals surface area (Å²) in [5, 5.41) is -0.305. The van der Waals surface area contributed by atoms with E-state index in [1.807, 2.05) is 0 Å². The first-order valence-electron chi connectivity index (χ1n) is 15.4. The fourth-order valence-electron chi connectivity index (χ4n) is 12.7. The lowest BCUT2D eigenvalue weighted by Crippen LogP contribution is -2.87. The molecule has 0 radical (unpaired) electrons. The molecule has 8 heteroatoms. The maximum Gasteiger partial charge on any atom is 0.172 e. The lowest BCUT2D eigenvalue weighted by atomic mass is 9.42. The highest BCUT2D eigenvalue weighted by Gasteiger charge is 2.83. The van der Waals surface area contributed by atoms with Crippen LogP contribution in [0.15, 0.2) is 0 Å². The normalized spacial score (nSPS) is 68.9. The lowest BCUT2D eigenvalue weighted by molar-refractivity contribution is -0.553. The van der Waals surface area contributed by atoms with Gasteiger partial charge in [0.05, 0.1) is 22.4 Å². The van der Waals surface area contributed by atoms with Gasteiger partial charge in [-0.3, -0.25) is 0 Å². The summed E-state index contributed by atoms with van der Waals surface area (Å²) in [4.78, 5) is 0. The average molecular weight is 583 g/mol. The third-order valence-electron chi connectivity index (χ3n) is 13.1. The highest BCUT2D eigenvalue weighted by Crippen LogP contribution is 2.76. The highest BCUT2D eigenvalue weighted by atomic mass is 31.0. The van der Waals surface area contributed by atoms with Gasteiger partial charge in [0, 0.05) is 36.3 Å². The summed E-state index contributed by atoms with van der Waals surface area (Å²) in [6.07, 6.45) is 6.11. The topological polar surface area (TPSA) is 55.4 Å². The van der Waals surface area contributed by atoms with Gasteiger partial charge < -0.3 is 28.4 Å². The predicted molar refractivity (Wildman–Crippen MR) is 156 cm³/mol. The van der Waals surface area contributed by atoms with E-state index in [-0.39, 0.29) is 21.8 Å². The zero-order valence-electron chi connectivity index (χ0n) is 25.9. The SMILES string of the molecule is CC1C[C@@H](C2(CP)C3(C)CC4(C)OC(C)(CC2(C)O4)O3)[C@@H](C2(P)C3(C)CC4(C)OC(C)(CC2(C)O4)O3)CC1C. The predicted octanol–water partition coefficient (Wildman–Crippen LogP) is 6.40. The van der Waals surface area contributed by atoms with E-state index >= 15 is 0 Å². The molecule has 1 saturated carbocycles. The van der Waals surface area contributed by atoms with Gasteiger partial charge in [0.2, 0.25) is 0 Å². The molecule has 6 nitrogen and oxygen atoms in total. The molecule has 0 spiro atoms. The number of hydrogen-bond donors (Lipinski definition) is 0. The van der Waals surface area contributed by atoms with Crippen molar-refractivity contribution in [1.29, 1.82) is 0 Å². The van der Waals surface area contributed by atoms with Crippen molar-refractivity contribution < 1.29 is 28.4 Å². The Labute approximate surface area is 240 Å². The van der Waals surface area contributed by atoms with Gasteiger partial charge in [-0.15, -0.1) is 18.5 Å². The number of ether oxygens (including phenoxy) is 6. The molecule has 39 heavy (non-hydrogen) atoms. The molecule has 9 rings (SSSR count). The summed E-state index contributed by atoms with van der Waals surface area (Å²) in [5.74, 6) is -0.641. The monoisotopic (exact) mass is 582 g/mol. The molecular weight excluding hydrogens is 530 g/mol. The highest BCUT2D eigenvalue weighted by molar-refractivity contribution is 7.19. The summed E-state index contributed by atoms with van der Waals surface area (Å²) < 4.78 is 41.3. The summed E-state index contributed by atoms with van der Waals surface area (Å²) >= 11 is 0. The molecule has 8 aliphatic heterocycles. The Kier molecular flexibility index (Phi) is 5.43. The van der Waals surface area contributed by atoms with Gasteiger partial charge in [-0.2, -0.15) is 0 Å². The fraction of sp³-hybridized carbons (Fsp3) is 1.00. The summed E-state index contributed by atoms with van der Waals surface area (Å²) in [6, 6.07) is 0. The van der Waals surface area contributed by atoms with E-state index in [0.717, 1.165) is 44.7 Å². The molecule has 0 aromatic carbocycles. The van der Waals surface area contributed by atoms with Crippen LogP contribution in [0.3, 0.4) is 0 Å². The van der Waals surface area contributed by atoms with Gasteiger partial charge in [0.1, 0.15) is 0 Å². The Hall–Kier alpha value is 0.620. The molecule has 9 fully saturated rings. The quantitative estimate of drug-likeness (QED) is 0.359. The largest absolute Gasteiger partial charge is 0.343 e. The Morgan fingerprint density at radius 2 is 0.872 bits per heavy atom. The molecule has 0 amide bonds. The minimum Gasteiger partial charge on any atom is -0.343 e. The lowest BCUT2D eigenvalue weighted by Gasteiger charge is -2.80. The maximum atomic E-state index is 7.11. The molecule has 14 atom stereocenters. The van der Waals surface area contributed by atoms with Crippen molar-refractivity contribution in [3.05, 3.63) is 0 Å². The Morgan fingerprint density at radius 1 is 0.538 bits per heavy atom. The van der Waals surface area contributed by atoms with E-state index in [1.54, 1.807) is 0 Å². The molecule has 0 N–H and O–H groups in total. The molecule has 12 unspecified atom stereocenters. The van der Waals surface area contributed by atoms with Gasteiger partial charge in [0.15, 0.2) is 23.1 Å². The van der Waals surface area contributed by atoms with Crippen molar-refractivity contribution in [2.24, 2.45) is 29.1 Å². The summed E-state index contributed by atoms with van der Waals surface area (Å²) in [5.41, 5.74) is -1.81. The summed E-state index contributed by atoms with van der Waals surface area (Å²) in [6.45, 7) is 22.8. The van der Waals surface area contributed by atoms with Gasteiger partial charge in [0.25, 0.3) is 0 Å². The van der Waals surface area contributed by atoms with Gasteiger partial charge >= 0.3 is 0 Å². The molecule has 222 valence electrons. The van der Waals surface area contributed by atoms with Crippen LogP contribution in [0.5, 0.6) is 0 Å². The standard InChI is InChI=1S/C31H52O6P2/c1-18-11-20(30(17-38)22(3)13-26(7)33-23(30,4)14-27(8,32-22)36-26)21(12-19(18)2)31(39)24(5)15-28(9)35-25(31,6)16-29(10,34-24)37-28/h18-21H,11-17,38-39H2,1-10H3/t18?,19?,20-,21+,22?,23?,24?,25?,26?,27?,28?,29?,30?,31?/m1/s1. The van der Waals surface area contributed by atoms with Crippen molar-refractivity contribution in [1.82, 2.24) is 0 Å². The number of hydrogen-bond acceptors (Lipinski definition) is 6. The zero-order valence-corrected chi connectivity index (χ0v) is 28.2. The van der Waals surface area contributed by atoms with Crippen LogP contribution < -0.4 is 0 Å². The van der Waals surface area contributed by atoms with Crippen LogP contribution in [0.1, 0.15) is 108 Å². The molecule has 9 aliphatic rings. The van der Waals surface area contributed by atoms with Crippen LogP contribution >= 0.6 is 18.5 Å². The van der Waals surface area contributed by atoms with E-state index in [4.69, 9.17) is 28.4 Å². The van der Waals surface area contributed by atoms with E-state index in [1.165, 1.54) is 0 Å². The second-order valence-corrected chi connectivity index (χ2v) is 17.8. The second-order valence-electron chi connectivity index (χ2n) is 16.5. The molecule has 8 heterocycles. The van der Waals surface area contributed by atoms with Crippen molar-refractivity contribution in [3.8, 4) is 0 Å². The van der Waals surface area contributed by atoms with Crippen LogP contribution in [0.4, 0.5) is 0 Å². The first-order chi connectivity index (χ1) is 17.7. The third-order valence-corrected chi connectivity index (χ3v) is 15.4. The van der Waals surface area contributed by atoms with Gasteiger partial charge in [-0.1, -0.05) is 13.8 Å². The molecule has 0 aromatic heterocycles. The van der Waals surface area contributed by atoms with Crippen molar-refractivity contribution in [2.45, 2.75) is 158 Å². The van der Waals surface area contributed by atoms with Crippen LogP contribution in [-0.4, -0.2) is 56.9 Å². The average Bonchev–Trinajstić information content (AvgIpc) is 2.68. The van der Waals surface area contributed by atoms with Crippen LogP contribution in [0, 0.1) is 29.1 Å². The van der Waals surface area contributed by atoms with Crippen LogP contribution in [-0.2, 0) is 28.4 Å². The smallest absolute Gasteiger partial charge is 0.172 e. The molecule has 8 saturated heterocycles. The van der Waals surface area contributed by atoms with Crippen molar-refractivity contribution >= 4 is 18.5 Å². The van der Waals surface area contributed by atoms with Crippen LogP contribution in [0.25, 0.3) is 0 Å². The van der Waals surface area contributed by atoms with Crippen molar-refractivity contribution in [2.75, 3.05) is 6.16 Å². The first kappa shape index (κ1) is 28.4. The van der Waals surface area contributed by atoms with E-state index in [0.29, 0.717) is 23.7 Å². The number of rotatable bonds is 3. The van der Waals surface area contributed by atoms with Gasteiger partial charge in [-0.25, -0.2) is 0 Å². The van der Waals surface area contributed by atoms with Gasteiger partial charge in [-0.05, 0) is 98.1 Å². The Balaban J connectivity index is 1.42. The summed E-state index contributed by atoms with van der Waals surface area (Å²) in [7, 11) is 6.58. The zero-order chi connectivity index (χ0) is 28.5. The Morgan fingerprint density at radius 3 is 1.26 bits per heavy atom. The van der Waals surface area contributed by atoms with E-state index in [2.05, 4.69) is 87.7 Å². The first-order valence-corrected chi connectivity index (χ1v) is 16.8. The van der Waals surface area contributed by atoms with Crippen molar-refractivity contribution in [3.63, 3.8) is 0 Å². The molecule has 1 aliphatic carbocycles. The molecular formula is C31H52O6P2. The second kappa shape index (κ2) is 7.46. The third kappa shape index (κ3) is 3.18.